The maximum absolute atomic E-state index is 12.6. The number of hydrogen-bond acceptors (Lipinski definition) is 2. The van der Waals surface area contributed by atoms with Crippen molar-refractivity contribution < 1.29 is 17.9 Å². The second kappa shape index (κ2) is 7.31. The van der Waals surface area contributed by atoms with Crippen LogP contribution in [0, 0.1) is 0 Å². The molecule has 0 amide bonds. The fourth-order valence-corrected chi connectivity index (χ4v) is 2.08. The highest BCUT2D eigenvalue weighted by molar-refractivity contribution is 5.28. The molecule has 0 saturated heterocycles. The summed E-state index contributed by atoms with van der Waals surface area (Å²) in [7, 11) is 0. The molecule has 2 nitrogen and oxygen atoms in total. The van der Waals surface area contributed by atoms with E-state index >= 15 is 0 Å². The van der Waals surface area contributed by atoms with Crippen LogP contribution in [0.2, 0.25) is 0 Å². The molecule has 0 fully saturated rings. The summed E-state index contributed by atoms with van der Waals surface area (Å²) >= 11 is 0. The summed E-state index contributed by atoms with van der Waals surface area (Å²) in [6.45, 7) is 3.51. The Bertz CT molecular complexity index is 594. The van der Waals surface area contributed by atoms with E-state index in [4.69, 9.17) is 4.74 Å². The minimum Gasteiger partial charge on any atom is -0.494 e. The van der Waals surface area contributed by atoms with Gasteiger partial charge in [0.1, 0.15) is 5.75 Å². The minimum absolute atomic E-state index is 0.386. The van der Waals surface area contributed by atoms with Crippen molar-refractivity contribution in [3.63, 3.8) is 0 Å². The molecule has 0 aromatic heterocycles. The average Bonchev–Trinajstić information content (AvgIpc) is 2.49. The van der Waals surface area contributed by atoms with E-state index < -0.39 is 11.7 Å². The zero-order valence-electron chi connectivity index (χ0n) is 12.3. The van der Waals surface area contributed by atoms with Gasteiger partial charge in [0.15, 0.2) is 0 Å². The number of ether oxygens (including phenoxy) is 1. The summed E-state index contributed by atoms with van der Waals surface area (Å²) in [4.78, 5) is 0. The fraction of sp³-hybridized carbons (Fsp3) is 0.294. The molecular weight excluding hydrogens is 291 g/mol. The molecule has 5 heteroatoms. The Hall–Kier alpha value is -2.01. The van der Waals surface area contributed by atoms with Crippen molar-refractivity contribution in [3.05, 3.63) is 65.2 Å². The first-order chi connectivity index (χ1) is 10.5. The lowest BCUT2D eigenvalue weighted by molar-refractivity contribution is -0.137. The topological polar surface area (TPSA) is 21.3 Å². The molecule has 0 unspecified atom stereocenters. The van der Waals surface area contributed by atoms with E-state index in [9.17, 15) is 13.2 Å². The van der Waals surface area contributed by atoms with E-state index in [0.717, 1.165) is 17.4 Å². The zero-order valence-corrected chi connectivity index (χ0v) is 12.3. The highest BCUT2D eigenvalue weighted by Gasteiger charge is 2.30. The largest absolute Gasteiger partial charge is 0.494 e. The number of halogens is 3. The summed E-state index contributed by atoms with van der Waals surface area (Å²) in [5, 5.41) is 3.14. The van der Waals surface area contributed by atoms with Gasteiger partial charge in [-0.25, -0.2) is 0 Å². The van der Waals surface area contributed by atoms with Crippen molar-refractivity contribution in [3.8, 4) is 5.75 Å². The van der Waals surface area contributed by atoms with Crippen LogP contribution in [-0.4, -0.2) is 6.61 Å². The van der Waals surface area contributed by atoms with Crippen LogP contribution < -0.4 is 10.1 Å². The fourth-order valence-electron chi connectivity index (χ4n) is 2.08. The molecule has 2 aromatic rings. The summed E-state index contributed by atoms with van der Waals surface area (Å²) in [6.07, 6.45) is -4.30. The molecule has 0 radical (unpaired) electrons. The van der Waals surface area contributed by atoms with Gasteiger partial charge in [0, 0.05) is 13.1 Å². The first kappa shape index (κ1) is 16.4. The van der Waals surface area contributed by atoms with Crippen molar-refractivity contribution in [2.45, 2.75) is 26.2 Å². The summed E-state index contributed by atoms with van der Waals surface area (Å²) in [5.41, 5.74) is 1.05. The van der Waals surface area contributed by atoms with Crippen LogP contribution >= 0.6 is 0 Å². The van der Waals surface area contributed by atoms with Crippen LogP contribution in [-0.2, 0) is 19.3 Å². The predicted molar refractivity (Wildman–Crippen MR) is 79.6 cm³/mol. The number of hydrogen-bond donors (Lipinski definition) is 1. The quantitative estimate of drug-likeness (QED) is 0.854. The predicted octanol–water partition coefficient (Wildman–Crippen LogP) is 4.39. The molecule has 0 spiro atoms. The van der Waals surface area contributed by atoms with Crippen LogP contribution in [0.4, 0.5) is 13.2 Å². The maximum atomic E-state index is 12.6. The lowest BCUT2D eigenvalue weighted by Crippen LogP contribution is -2.13. The summed E-state index contributed by atoms with van der Waals surface area (Å²) in [5.74, 6) is 0.809. The van der Waals surface area contributed by atoms with Crippen LogP contribution in [0.25, 0.3) is 0 Å². The number of nitrogens with one attached hydrogen (secondary N) is 1. The molecule has 0 aliphatic carbocycles. The van der Waals surface area contributed by atoms with Crippen LogP contribution in [0.15, 0.2) is 48.5 Å². The molecule has 2 rings (SSSR count). The Morgan fingerprint density at radius 3 is 2.27 bits per heavy atom. The van der Waals surface area contributed by atoms with Gasteiger partial charge in [-0.3, -0.25) is 0 Å². The molecule has 0 saturated carbocycles. The van der Waals surface area contributed by atoms with Gasteiger partial charge in [0.2, 0.25) is 0 Å². The van der Waals surface area contributed by atoms with Crippen LogP contribution in [0.5, 0.6) is 5.75 Å². The highest BCUT2D eigenvalue weighted by atomic mass is 19.4. The van der Waals surface area contributed by atoms with Crippen LogP contribution in [0.3, 0.4) is 0 Å². The monoisotopic (exact) mass is 309 g/mol. The van der Waals surface area contributed by atoms with Crippen molar-refractivity contribution in [2.75, 3.05) is 6.61 Å². The van der Waals surface area contributed by atoms with Crippen molar-refractivity contribution in [2.24, 2.45) is 0 Å². The Kier molecular flexibility index (Phi) is 5.44. The van der Waals surface area contributed by atoms with Gasteiger partial charge in [-0.2, -0.15) is 13.2 Å². The number of rotatable bonds is 6. The van der Waals surface area contributed by atoms with E-state index in [-0.39, 0.29) is 0 Å². The van der Waals surface area contributed by atoms with Gasteiger partial charge in [0.05, 0.1) is 12.2 Å². The number of alkyl halides is 3. The minimum atomic E-state index is -4.30. The molecule has 0 aliphatic heterocycles. The second-order valence-electron chi connectivity index (χ2n) is 4.88. The molecule has 1 N–H and O–H groups in total. The van der Waals surface area contributed by atoms with E-state index in [1.165, 1.54) is 12.1 Å². The normalized spacial score (nSPS) is 11.5. The van der Waals surface area contributed by atoms with Crippen molar-refractivity contribution in [1.82, 2.24) is 5.32 Å². The SMILES string of the molecule is CCOc1ccc(CNCc2cccc(C(F)(F)F)c2)cc1. The third kappa shape index (κ3) is 4.77. The highest BCUT2D eigenvalue weighted by Crippen LogP contribution is 2.29. The average molecular weight is 309 g/mol. The smallest absolute Gasteiger partial charge is 0.416 e. The third-order valence-electron chi connectivity index (χ3n) is 3.15. The molecular formula is C17H18F3NO. The van der Waals surface area contributed by atoms with Gasteiger partial charge < -0.3 is 10.1 Å². The lowest BCUT2D eigenvalue weighted by atomic mass is 10.1. The first-order valence-electron chi connectivity index (χ1n) is 7.07. The Balaban J connectivity index is 1.88. The molecule has 2 aromatic carbocycles. The Labute approximate surface area is 127 Å². The second-order valence-corrected chi connectivity index (χ2v) is 4.88. The van der Waals surface area contributed by atoms with Gasteiger partial charge >= 0.3 is 6.18 Å². The number of benzene rings is 2. The molecule has 0 aliphatic rings. The zero-order chi connectivity index (χ0) is 16.0. The van der Waals surface area contributed by atoms with Gasteiger partial charge in [0.25, 0.3) is 0 Å². The van der Waals surface area contributed by atoms with Gasteiger partial charge in [-0.1, -0.05) is 30.3 Å². The van der Waals surface area contributed by atoms with E-state index in [2.05, 4.69) is 5.32 Å². The van der Waals surface area contributed by atoms with Gasteiger partial charge in [-0.15, -0.1) is 0 Å². The van der Waals surface area contributed by atoms with Crippen molar-refractivity contribution >= 4 is 0 Å². The first-order valence-corrected chi connectivity index (χ1v) is 7.07. The Morgan fingerprint density at radius 2 is 1.64 bits per heavy atom. The molecule has 118 valence electrons. The maximum Gasteiger partial charge on any atom is 0.416 e. The van der Waals surface area contributed by atoms with E-state index in [1.807, 2.05) is 31.2 Å². The lowest BCUT2D eigenvalue weighted by Gasteiger charge is -2.10. The van der Waals surface area contributed by atoms with E-state index in [0.29, 0.717) is 25.3 Å². The van der Waals surface area contributed by atoms with Crippen LogP contribution in [0.1, 0.15) is 23.6 Å². The standard InChI is InChI=1S/C17H18F3NO/c1-2-22-16-8-6-13(7-9-16)11-21-12-14-4-3-5-15(10-14)17(18,19)20/h3-10,21H,2,11-12H2,1H3. The third-order valence-corrected chi connectivity index (χ3v) is 3.15. The molecule has 0 bridgehead atoms. The van der Waals surface area contributed by atoms with Crippen molar-refractivity contribution in [1.29, 1.82) is 0 Å². The van der Waals surface area contributed by atoms with Gasteiger partial charge in [-0.05, 0) is 36.2 Å². The summed E-state index contributed by atoms with van der Waals surface area (Å²) < 4.78 is 43.2. The molecule has 0 atom stereocenters. The molecule has 0 heterocycles. The Morgan fingerprint density at radius 1 is 0.955 bits per heavy atom. The summed E-state index contributed by atoms with van der Waals surface area (Å²) in [6, 6.07) is 13.0. The molecule has 22 heavy (non-hydrogen) atoms. The van der Waals surface area contributed by atoms with E-state index in [1.54, 1.807) is 6.07 Å².